The zero-order valence-corrected chi connectivity index (χ0v) is 18.6. The number of nitrogens with two attached hydrogens (primary N) is 1. The molecule has 1 fully saturated rings. The summed E-state index contributed by atoms with van der Waals surface area (Å²) in [6.45, 7) is -0.0533. The van der Waals surface area contributed by atoms with Crippen molar-refractivity contribution in [3.05, 3.63) is 45.1 Å². The van der Waals surface area contributed by atoms with Crippen molar-refractivity contribution in [1.82, 2.24) is 0 Å². The number of carbonyl (C=O) groups is 1. The monoisotopic (exact) mass is 471 g/mol. The lowest BCUT2D eigenvalue weighted by atomic mass is 9.90. The van der Waals surface area contributed by atoms with E-state index in [0.717, 1.165) is 11.3 Å². The summed E-state index contributed by atoms with van der Waals surface area (Å²) >= 11 is 7.33. The van der Waals surface area contributed by atoms with E-state index in [2.05, 4.69) is 0 Å². The first-order chi connectivity index (χ1) is 14.9. The van der Waals surface area contributed by atoms with Crippen LogP contribution in [0.2, 0.25) is 5.02 Å². The Balaban J connectivity index is 1.52. The molecule has 0 radical (unpaired) electrons. The number of halogens is 2. The molecule has 1 aromatic heterocycles. The Morgan fingerprint density at radius 3 is 2.84 bits per heavy atom. The van der Waals surface area contributed by atoms with E-state index in [1.54, 1.807) is 24.3 Å². The van der Waals surface area contributed by atoms with Crippen LogP contribution >= 0.6 is 22.9 Å². The van der Waals surface area contributed by atoms with Crippen molar-refractivity contribution in [1.29, 1.82) is 0 Å². The van der Waals surface area contributed by atoms with Crippen LogP contribution in [0.25, 0.3) is 0 Å². The van der Waals surface area contributed by atoms with E-state index < -0.39 is 18.2 Å². The van der Waals surface area contributed by atoms with E-state index in [1.807, 2.05) is 6.07 Å². The van der Waals surface area contributed by atoms with Crippen LogP contribution in [0.3, 0.4) is 0 Å². The summed E-state index contributed by atoms with van der Waals surface area (Å²) in [5, 5.41) is 19.5. The summed E-state index contributed by atoms with van der Waals surface area (Å²) in [6.07, 6.45) is 0.300. The number of thiophene rings is 1. The zero-order valence-electron chi connectivity index (χ0n) is 17.0. The molecule has 31 heavy (non-hydrogen) atoms. The van der Waals surface area contributed by atoms with Crippen LogP contribution in [0.15, 0.2) is 30.3 Å². The minimum Gasteiger partial charge on any atom is -0.493 e. The standard InChI is InChI=1S/C22H27ClFNO5S/c23-13-8-14(25)10-15(9-13)30-12-18-17(19(24)11-20(18)27)3-1-2-16-4-5-21(31-16)22(28)29-7-6-26/h4-5,8-10,17-20,26-27H,1-3,6-7,11-12,25H2/t17-,18-,19-,20-/m1/s1. The van der Waals surface area contributed by atoms with Crippen LogP contribution in [0.1, 0.15) is 33.8 Å². The summed E-state index contributed by atoms with van der Waals surface area (Å²) in [7, 11) is 0. The van der Waals surface area contributed by atoms with Gasteiger partial charge in [0.1, 0.15) is 23.4 Å². The van der Waals surface area contributed by atoms with Gasteiger partial charge in [0.15, 0.2) is 0 Å². The molecular weight excluding hydrogens is 445 g/mol. The van der Waals surface area contributed by atoms with Gasteiger partial charge in [0.05, 0.1) is 19.3 Å². The highest BCUT2D eigenvalue weighted by atomic mass is 35.5. The first-order valence-electron chi connectivity index (χ1n) is 10.2. The van der Waals surface area contributed by atoms with Crippen LogP contribution in [0.4, 0.5) is 10.1 Å². The van der Waals surface area contributed by atoms with Gasteiger partial charge in [-0.1, -0.05) is 11.6 Å². The quantitative estimate of drug-likeness (QED) is 0.359. The summed E-state index contributed by atoms with van der Waals surface area (Å²) < 4.78 is 25.2. The van der Waals surface area contributed by atoms with Crippen molar-refractivity contribution >= 4 is 34.6 Å². The number of hydrogen-bond donors (Lipinski definition) is 3. The number of aliphatic hydroxyl groups is 2. The van der Waals surface area contributed by atoms with Crippen molar-refractivity contribution in [2.24, 2.45) is 11.8 Å². The molecule has 170 valence electrons. The zero-order chi connectivity index (χ0) is 22.4. The molecule has 0 aliphatic heterocycles. The number of anilines is 1. The van der Waals surface area contributed by atoms with Crippen molar-refractivity contribution in [2.75, 3.05) is 25.6 Å². The Morgan fingerprint density at radius 1 is 1.29 bits per heavy atom. The van der Waals surface area contributed by atoms with Gasteiger partial charge in [0.2, 0.25) is 0 Å². The molecule has 0 unspecified atom stereocenters. The molecule has 6 nitrogen and oxygen atoms in total. The fourth-order valence-electron chi connectivity index (χ4n) is 3.97. The van der Waals surface area contributed by atoms with Crippen LogP contribution < -0.4 is 10.5 Å². The molecule has 0 spiro atoms. The van der Waals surface area contributed by atoms with Crippen LogP contribution in [0, 0.1) is 11.8 Å². The minimum absolute atomic E-state index is 0.0286. The number of alkyl halides is 1. The van der Waals surface area contributed by atoms with E-state index in [4.69, 9.17) is 31.9 Å². The van der Waals surface area contributed by atoms with Gasteiger partial charge in [-0.05, 0) is 49.4 Å². The van der Waals surface area contributed by atoms with Gasteiger partial charge in [-0.25, -0.2) is 9.18 Å². The Hall–Kier alpha value is -1.87. The van der Waals surface area contributed by atoms with Gasteiger partial charge in [0.25, 0.3) is 0 Å². The first-order valence-corrected chi connectivity index (χ1v) is 11.4. The Morgan fingerprint density at radius 2 is 2.10 bits per heavy atom. The summed E-state index contributed by atoms with van der Waals surface area (Å²) in [5.41, 5.74) is 6.25. The van der Waals surface area contributed by atoms with Crippen LogP contribution in [-0.4, -0.2) is 48.3 Å². The molecule has 1 heterocycles. The molecule has 9 heteroatoms. The third kappa shape index (κ3) is 6.55. The number of esters is 1. The second-order valence-corrected chi connectivity index (χ2v) is 9.30. The molecular formula is C22H27ClFNO5S. The summed E-state index contributed by atoms with van der Waals surface area (Å²) in [5.74, 6) is -0.576. The molecule has 3 rings (SSSR count). The lowest BCUT2D eigenvalue weighted by Gasteiger charge is -2.23. The van der Waals surface area contributed by atoms with Gasteiger partial charge in [-0.2, -0.15) is 0 Å². The third-order valence-electron chi connectivity index (χ3n) is 5.46. The highest BCUT2D eigenvalue weighted by Crippen LogP contribution is 2.39. The first kappa shape index (κ1) is 23.8. The lowest BCUT2D eigenvalue weighted by Crippen LogP contribution is -2.27. The molecule has 4 atom stereocenters. The topological polar surface area (TPSA) is 102 Å². The maximum atomic E-state index is 14.6. The van der Waals surface area contributed by atoms with Crippen molar-refractivity contribution < 1.29 is 28.9 Å². The average Bonchev–Trinajstić information content (AvgIpc) is 3.28. The molecule has 0 saturated heterocycles. The molecule has 1 aliphatic carbocycles. The largest absolute Gasteiger partial charge is 0.493 e. The Labute approximate surface area is 189 Å². The van der Waals surface area contributed by atoms with E-state index in [1.165, 1.54) is 11.3 Å². The average molecular weight is 472 g/mol. The molecule has 2 aromatic rings. The maximum Gasteiger partial charge on any atom is 0.348 e. The number of aryl methyl sites for hydroxylation is 1. The third-order valence-corrected chi connectivity index (χ3v) is 6.80. The molecule has 1 aromatic carbocycles. The fourth-order valence-corrected chi connectivity index (χ4v) is 5.14. The predicted octanol–water partition coefficient (Wildman–Crippen LogP) is 3.87. The van der Waals surface area contributed by atoms with Crippen molar-refractivity contribution in [2.45, 2.75) is 38.0 Å². The number of hydrogen-bond acceptors (Lipinski definition) is 7. The summed E-state index contributed by atoms with van der Waals surface area (Å²) in [6, 6.07) is 8.46. The van der Waals surface area contributed by atoms with E-state index in [9.17, 15) is 14.3 Å². The van der Waals surface area contributed by atoms with E-state index in [0.29, 0.717) is 34.2 Å². The smallest absolute Gasteiger partial charge is 0.348 e. The molecule has 0 amide bonds. The van der Waals surface area contributed by atoms with E-state index >= 15 is 0 Å². The normalized spacial score (nSPS) is 23.1. The molecule has 1 aliphatic rings. The van der Waals surface area contributed by atoms with Crippen LogP contribution in [0.5, 0.6) is 5.75 Å². The minimum atomic E-state index is -1.08. The number of carbonyl (C=O) groups excluding carboxylic acids is 1. The van der Waals surface area contributed by atoms with Gasteiger partial charge in [-0.15, -0.1) is 11.3 Å². The number of nitrogen functional groups attached to an aromatic ring is 1. The SMILES string of the molecule is Nc1cc(Cl)cc(OC[C@@H]2[C@@H](CCCc3ccc(C(=O)OCCO)s3)[C@H](F)C[C@H]2O)c1. The fraction of sp³-hybridized carbons (Fsp3) is 0.500. The number of benzene rings is 1. The maximum absolute atomic E-state index is 14.6. The number of rotatable bonds is 10. The Bertz CT molecular complexity index is 859. The van der Waals surface area contributed by atoms with Gasteiger partial charge in [-0.3, -0.25) is 0 Å². The highest BCUT2D eigenvalue weighted by Gasteiger charge is 2.42. The van der Waals surface area contributed by atoms with Gasteiger partial charge in [0, 0.05) is 34.0 Å². The second-order valence-electron chi connectivity index (χ2n) is 7.70. The number of ether oxygens (including phenoxy) is 2. The molecule has 0 bridgehead atoms. The number of aliphatic hydroxyl groups excluding tert-OH is 2. The Kier molecular flexibility index (Phi) is 8.54. The van der Waals surface area contributed by atoms with Gasteiger partial charge < -0.3 is 25.4 Å². The molecule has 4 N–H and O–H groups in total. The van der Waals surface area contributed by atoms with E-state index in [-0.39, 0.29) is 38.1 Å². The van der Waals surface area contributed by atoms with Crippen LogP contribution in [-0.2, 0) is 11.2 Å². The molecule has 1 saturated carbocycles. The summed E-state index contributed by atoms with van der Waals surface area (Å²) in [4.78, 5) is 13.3. The predicted molar refractivity (Wildman–Crippen MR) is 118 cm³/mol. The second kappa shape index (κ2) is 11.1. The van der Waals surface area contributed by atoms with Gasteiger partial charge >= 0.3 is 5.97 Å². The van der Waals surface area contributed by atoms with Crippen molar-refractivity contribution in [3.63, 3.8) is 0 Å². The van der Waals surface area contributed by atoms with Crippen molar-refractivity contribution in [3.8, 4) is 5.75 Å². The highest BCUT2D eigenvalue weighted by molar-refractivity contribution is 7.13. The lowest BCUT2D eigenvalue weighted by molar-refractivity contribution is 0.0439.